The number of aliphatic imine (C=N–C) groups is 1. The van der Waals surface area contributed by atoms with Gasteiger partial charge in [0, 0.05) is 41.3 Å². The molecular formula is C18H25N5O3. The van der Waals surface area contributed by atoms with E-state index >= 15 is 0 Å². The second-order valence-corrected chi connectivity index (χ2v) is 6.61. The quantitative estimate of drug-likeness (QED) is 0.772. The van der Waals surface area contributed by atoms with Crippen molar-refractivity contribution < 1.29 is 14.3 Å². The third-order valence-electron chi connectivity index (χ3n) is 4.83. The summed E-state index contributed by atoms with van der Waals surface area (Å²) in [7, 11) is 6.76. The van der Waals surface area contributed by atoms with Crippen molar-refractivity contribution in [2.24, 2.45) is 4.99 Å². The number of ether oxygens (including phenoxy) is 1. The summed E-state index contributed by atoms with van der Waals surface area (Å²) in [4.78, 5) is 36.4. The van der Waals surface area contributed by atoms with Gasteiger partial charge in [-0.05, 0) is 5.56 Å². The van der Waals surface area contributed by atoms with Gasteiger partial charge in [-0.25, -0.2) is 9.79 Å². The largest absolute Gasteiger partial charge is 0.383 e. The highest BCUT2D eigenvalue weighted by Crippen LogP contribution is 2.28. The van der Waals surface area contributed by atoms with Crippen LogP contribution in [0.1, 0.15) is 5.56 Å². The van der Waals surface area contributed by atoms with Crippen LogP contribution in [0.2, 0.25) is 0 Å². The van der Waals surface area contributed by atoms with E-state index in [1.165, 1.54) is 11.9 Å². The number of fused-ring (bicyclic) bond motifs is 1. The molecule has 1 aromatic rings. The molecule has 2 aliphatic rings. The molecule has 0 aromatic heterocycles. The molecule has 1 aromatic carbocycles. The Morgan fingerprint density at radius 2 is 1.88 bits per heavy atom. The lowest BCUT2D eigenvalue weighted by molar-refractivity contribution is -0.136. The normalized spacial score (nSPS) is 22.6. The average molecular weight is 359 g/mol. The predicted molar refractivity (Wildman–Crippen MR) is 97.4 cm³/mol. The standard InChI is InChI=1S/C18H25N5O3/c1-20(12-13-8-6-5-7-9-13)17-19-15-14(23(17)10-11-26-4)16(24)22(3)18(25)21(15)2/h5-9,14-15H,10-12H2,1-4H3. The van der Waals surface area contributed by atoms with Crippen molar-refractivity contribution in [1.29, 1.82) is 0 Å². The summed E-state index contributed by atoms with van der Waals surface area (Å²) in [5.41, 5.74) is 1.15. The lowest BCUT2D eigenvalue weighted by Gasteiger charge is -2.40. The molecular weight excluding hydrogens is 334 g/mol. The van der Waals surface area contributed by atoms with Gasteiger partial charge in [-0.3, -0.25) is 9.69 Å². The van der Waals surface area contributed by atoms with Crippen LogP contribution in [0.4, 0.5) is 4.79 Å². The van der Waals surface area contributed by atoms with Gasteiger partial charge in [-0.1, -0.05) is 30.3 Å². The average Bonchev–Trinajstić information content (AvgIpc) is 3.03. The number of amides is 3. The van der Waals surface area contributed by atoms with Crippen LogP contribution >= 0.6 is 0 Å². The molecule has 140 valence electrons. The zero-order valence-electron chi connectivity index (χ0n) is 15.6. The third-order valence-corrected chi connectivity index (χ3v) is 4.83. The zero-order chi connectivity index (χ0) is 18.8. The van der Waals surface area contributed by atoms with Crippen molar-refractivity contribution in [2.75, 3.05) is 41.4 Å². The molecule has 0 saturated carbocycles. The summed E-state index contributed by atoms with van der Waals surface area (Å²) in [6.45, 7) is 1.65. The van der Waals surface area contributed by atoms with Gasteiger partial charge in [0.05, 0.1) is 6.61 Å². The Bertz CT molecular complexity index is 708. The van der Waals surface area contributed by atoms with E-state index in [4.69, 9.17) is 9.73 Å². The molecule has 0 spiro atoms. The Hall–Kier alpha value is -2.61. The van der Waals surface area contributed by atoms with E-state index in [1.807, 2.05) is 47.2 Å². The van der Waals surface area contributed by atoms with Crippen molar-refractivity contribution >= 4 is 17.9 Å². The van der Waals surface area contributed by atoms with Crippen LogP contribution in [0.3, 0.4) is 0 Å². The molecule has 3 rings (SSSR count). The van der Waals surface area contributed by atoms with E-state index in [2.05, 4.69) is 0 Å². The molecule has 2 atom stereocenters. The van der Waals surface area contributed by atoms with Crippen molar-refractivity contribution in [3.63, 3.8) is 0 Å². The highest BCUT2D eigenvalue weighted by atomic mass is 16.5. The number of rotatable bonds is 5. The number of guanidine groups is 1. The van der Waals surface area contributed by atoms with Crippen molar-refractivity contribution in [1.82, 2.24) is 19.6 Å². The maximum Gasteiger partial charge on any atom is 0.328 e. The third kappa shape index (κ3) is 3.12. The van der Waals surface area contributed by atoms with Gasteiger partial charge in [0.1, 0.15) is 0 Å². The summed E-state index contributed by atoms with van der Waals surface area (Å²) in [6, 6.07) is 9.20. The fourth-order valence-corrected chi connectivity index (χ4v) is 3.42. The number of hydrogen-bond acceptors (Lipinski definition) is 6. The van der Waals surface area contributed by atoms with Gasteiger partial charge < -0.3 is 19.4 Å². The number of urea groups is 1. The summed E-state index contributed by atoms with van der Waals surface area (Å²) in [6.07, 6.45) is -0.517. The minimum Gasteiger partial charge on any atom is -0.383 e. The molecule has 1 fully saturated rings. The Balaban J connectivity index is 1.89. The summed E-state index contributed by atoms with van der Waals surface area (Å²) < 4.78 is 5.22. The SMILES string of the molecule is COCCN1C(N(C)Cc2ccccc2)=NC2C1C(=O)N(C)C(=O)N2C. The van der Waals surface area contributed by atoms with E-state index in [9.17, 15) is 9.59 Å². The molecule has 26 heavy (non-hydrogen) atoms. The molecule has 0 bridgehead atoms. The number of carbonyl (C=O) groups excluding carboxylic acids is 2. The number of benzene rings is 1. The monoisotopic (exact) mass is 359 g/mol. The molecule has 2 unspecified atom stereocenters. The van der Waals surface area contributed by atoms with E-state index in [0.29, 0.717) is 25.7 Å². The van der Waals surface area contributed by atoms with Crippen LogP contribution in [-0.4, -0.2) is 91.1 Å². The highest BCUT2D eigenvalue weighted by Gasteiger charge is 2.51. The van der Waals surface area contributed by atoms with Gasteiger partial charge in [0.15, 0.2) is 18.2 Å². The Morgan fingerprint density at radius 1 is 1.19 bits per heavy atom. The summed E-state index contributed by atoms with van der Waals surface area (Å²) in [5.74, 6) is 0.463. The molecule has 3 amide bonds. The lowest BCUT2D eigenvalue weighted by Crippen LogP contribution is -2.64. The van der Waals surface area contributed by atoms with Crippen molar-refractivity contribution in [3.05, 3.63) is 35.9 Å². The molecule has 2 heterocycles. The first-order chi connectivity index (χ1) is 12.5. The summed E-state index contributed by atoms with van der Waals surface area (Å²) in [5, 5.41) is 0. The van der Waals surface area contributed by atoms with Gasteiger partial charge in [-0.15, -0.1) is 0 Å². The van der Waals surface area contributed by atoms with E-state index < -0.39 is 12.2 Å². The molecule has 1 saturated heterocycles. The zero-order valence-corrected chi connectivity index (χ0v) is 15.6. The molecule has 8 heteroatoms. The number of hydrogen-bond donors (Lipinski definition) is 0. The Kier molecular flexibility index (Phi) is 5.13. The van der Waals surface area contributed by atoms with Crippen molar-refractivity contribution in [2.45, 2.75) is 18.8 Å². The minimum atomic E-state index is -0.522. The van der Waals surface area contributed by atoms with Gasteiger partial charge in [-0.2, -0.15) is 0 Å². The Morgan fingerprint density at radius 3 is 2.54 bits per heavy atom. The van der Waals surface area contributed by atoms with E-state index in [1.54, 1.807) is 14.2 Å². The molecule has 8 nitrogen and oxygen atoms in total. The second kappa shape index (κ2) is 7.33. The predicted octanol–water partition coefficient (Wildman–Crippen LogP) is 0.655. The number of methoxy groups -OCH3 is 1. The van der Waals surface area contributed by atoms with E-state index in [-0.39, 0.29) is 11.9 Å². The van der Waals surface area contributed by atoms with Crippen LogP contribution in [-0.2, 0) is 16.1 Å². The van der Waals surface area contributed by atoms with Gasteiger partial charge in [0.25, 0.3) is 5.91 Å². The molecule has 2 aliphatic heterocycles. The van der Waals surface area contributed by atoms with Crippen LogP contribution in [0, 0.1) is 0 Å². The number of carbonyl (C=O) groups is 2. The van der Waals surface area contributed by atoms with Crippen LogP contribution < -0.4 is 0 Å². The maximum atomic E-state index is 12.8. The minimum absolute atomic E-state index is 0.235. The van der Waals surface area contributed by atoms with Crippen LogP contribution in [0.25, 0.3) is 0 Å². The second-order valence-electron chi connectivity index (χ2n) is 6.61. The topological polar surface area (TPSA) is 68.7 Å². The van der Waals surface area contributed by atoms with E-state index in [0.717, 1.165) is 10.5 Å². The number of likely N-dealkylation sites (N-methyl/N-ethyl adjacent to an activating group) is 2. The van der Waals surface area contributed by atoms with Crippen LogP contribution in [0.5, 0.6) is 0 Å². The maximum absolute atomic E-state index is 12.8. The smallest absolute Gasteiger partial charge is 0.328 e. The van der Waals surface area contributed by atoms with Gasteiger partial charge >= 0.3 is 6.03 Å². The fraction of sp³-hybridized carbons (Fsp3) is 0.500. The summed E-state index contributed by atoms with van der Waals surface area (Å²) >= 11 is 0. The fourth-order valence-electron chi connectivity index (χ4n) is 3.42. The molecule has 0 radical (unpaired) electrons. The first-order valence-corrected chi connectivity index (χ1v) is 8.58. The van der Waals surface area contributed by atoms with Crippen LogP contribution in [0.15, 0.2) is 35.3 Å². The first kappa shape index (κ1) is 18.2. The first-order valence-electron chi connectivity index (χ1n) is 8.58. The highest BCUT2D eigenvalue weighted by molar-refractivity contribution is 6.03. The Labute approximate surface area is 153 Å². The number of imide groups is 1. The molecule has 0 N–H and O–H groups in total. The van der Waals surface area contributed by atoms with Gasteiger partial charge in [0.2, 0.25) is 0 Å². The molecule has 0 aliphatic carbocycles. The lowest BCUT2D eigenvalue weighted by atomic mass is 10.1. The van der Waals surface area contributed by atoms with Crippen molar-refractivity contribution in [3.8, 4) is 0 Å². The number of nitrogens with zero attached hydrogens (tertiary/aromatic N) is 5.